The number of halogens is 2. The molecule has 1 aliphatic rings. The molecule has 0 bridgehead atoms. The van der Waals surface area contributed by atoms with Crippen molar-refractivity contribution in [1.29, 1.82) is 5.41 Å². The Bertz CT molecular complexity index is 1210. The number of aromatic nitrogens is 2. The zero-order valence-electron chi connectivity index (χ0n) is 20.9. The van der Waals surface area contributed by atoms with Crippen LogP contribution in [-0.2, 0) is 6.61 Å². The lowest BCUT2D eigenvalue weighted by Gasteiger charge is -2.48. The highest BCUT2D eigenvalue weighted by atomic mass is 35.5. The van der Waals surface area contributed by atoms with Gasteiger partial charge >= 0.3 is 0 Å². The van der Waals surface area contributed by atoms with E-state index in [1.807, 2.05) is 24.3 Å². The van der Waals surface area contributed by atoms with Gasteiger partial charge in [0, 0.05) is 66.0 Å². The van der Waals surface area contributed by atoms with E-state index in [0.29, 0.717) is 47.2 Å². The van der Waals surface area contributed by atoms with Crippen molar-refractivity contribution < 1.29 is 9.13 Å². The van der Waals surface area contributed by atoms with Gasteiger partial charge < -0.3 is 21.1 Å². The molecule has 0 saturated carbocycles. The van der Waals surface area contributed by atoms with Crippen LogP contribution in [0.4, 0.5) is 15.9 Å². The Kier molecular flexibility index (Phi) is 9.16. The van der Waals surface area contributed by atoms with Crippen molar-refractivity contribution >= 4 is 40.6 Å². The molecule has 0 atom stereocenters. The molecule has 192 valence electrons. The summed E-state index contributed by atoms with van der Waals surface area (Å²) in [6, 6.07) is 6.36. The van der Waals surface area contributed by atoms with Crippen molar-refractivity contribution in [3.8, 4) is 5.75 Å². The maximum absolute atomic E-state index is 14.8. The van der Waals surface area contributed by atoms with Crippen molar-refractivity contribution in [3.63, 3.8) is 0 Å². The highest BCUT2D eigenvalue weighted by Gasteiger charge is 2.39. The van der Waals surface area contributed by atoms with Crippen LogP contribution < -0.4 is 21.1 Å². The molecule has 0 radical (unpaired) electrons. The minimum absolute atomic E-state index is 0.0204. The van der Waals surface area contributed by atoms with E-state index in [4.69, 9.17) is 33.2 Å². The molecule has 10 heteroatoms. The summed E-state index contributed by atoms with van der Waals surface area (Å²) >= 11 is 7.97. The number of aryl methyl sites for hydroxylation is 1. The molecule has 0 spiro atoms. The third-order valence-corrected chi connectivity index (χ3v) is 6.27. The monoisotopic (exact) mass is 530 g/mol. The van der Waals surface area contributed by atoms with E-state index in [1.165, 1.54) is 12.3 Å². The first-order chi connectivity index (χ1) is 17.1. The molecule has 0 amide bonds. The predicted molar refractivity (Wildman–Crippen MR) is 148 cm³/mol. The summed E-state index contributed by atoms with van der Waals surface area (Å²) in [5.74, 6) is 0.306. The predicted octanol–water partition coefficient (Wildman–Crippen LogP) is 4.92. The zero-order chi connectivity index (χ0) is 26.5. The molecular weight excluding hydrogens is 499 g/mol. The van der Waals surface area contributed by atoms with Gasteiger partial charge in [0.05, 0.1) is 10.7 Å². The van der Waals surface area contributed by atoms with Gasteiger partial charge in [0.15, 0.2) is 11.6 Å². The molecular formula is C26H32ClFN6OS. The van der Waals surface area contributed by atoms with Crippen LogP contribution >= 0.6 is 23.4 Å². The molecule has 0 aliphatic carbocycles. The molecule has 1 saturated heterocycles. The van der Waals surface area contributed by atoms with E-state index in [9.17, 15) is 4.39 Å². The second-order valence-corrected chi connectivity index (χ2v) is 10.4. The summed E-state index contributed by atoms with van der Waals surface area (Å²) in [6.07, 6.45) is 8.86. The van der Waals surface area contributed by atoms with Crippen LogP contribution in [0.1, 0.15) is 29.2 Å². The van der Waals surface area contributed by atoms with E-state index in [2.05, 4.69) is 16.9 Å². The first kappa shape index (κ1) is 27.7. The highest BCUT2D eigenvalue weighted by molar-refractivity contribution is 7.97. The number of anilines is 2. The number of nitrogen functional groups attached to an aromatic ring is 1. The number of nitrogens with one attached hydrogen (secondary N) is 1. The number of nitrogens with two attached hydrogens (primary N) is 2. The summed E-state index contributed by atoms with van der Waals surface area (Å²) in [4.78, 5) is 10.2. The topological polar surface area (TPSA) is 114 Å². The standard InChI is InChI=1S/C24H26ClFN6O.C2H6S/c1-14-7-30-9-19(25)18(14)10-33-16-3-4-21(28)17(6-16)22(29)15-5-20(26)23(31-8-15)32-12-24(2,11-27)13-32;1-3-2/h3-9,29H,10-13,27-28H2,1-2H3;1-2H3. The molecule has 2 aromatic heterocycles. The van der Waals surface area contributed by atoms with E-state index in [-0.39, 0.29) is 23.6 Å². The Balaban J connectivity index is 0.00000115. The molecule has 7 nitrogen and oxygen atoms in total. The van der Waals surface area contributed by atoms with Crippen molar-refractivity contribution in [2.75, 3.05) is 42.8 Å². The van der Waals surface area contributed by atoms with Gasteiger partial charge in [0.1, 0.15) is 12.4 Å². The maximum atomic E-state index is 14.8. The van der Waals surface area contributed by atoms with Crippen LogP contribution in [-0.4, -0.2) is 47.8 Å². The van der Waals surface area contributed by atoms with Crippen LogP contribution in [0.5, 0.6) is 5.75 Å². The minimum atomic E-state index is -0.481. The van der Waals surface area contributed by atoms with Gasteiger partial charge in [-0.25, -0.2) is 9.37 Å². The minimum Gasteiger partial charge on any atom is -0.489 e. The number of hydrogen-bond acceptors (Lipinski definition) is 8. The Morgan fingerprint density at radius 2 is 1.94 bits per heavy atom. The van der Waals surface area contributed by atoms with Gasteiger partial charge in [-0.05, 0) is 49.3 Å². The number of pyridine rings is 2. The Hall–Kier alpha value is -2.88. The number of rotatable bonds is 7. The second-order valence-electron chi connectivity index (χ2n) is 9.14. The third-order valence-electron chi connectivity index (χ3n) is 5.95. The van der Waals surface area contributed by atoms with Crippen LogP contribution in [0.15, 0.2) is 42.9 Å². The second kappa shape index (κ2) is 11.9. The number of thioether (sulfide) groups is 1. The van der Waals surface area contributed by atoms with Gasteiger partial charge in [-0.2, -0.15) is 11.8 Å². The van der Waals surface area contributed by atoms with Crippen LogP contribution in [0, 0.1) is 23.6 Å². The maximum Gasteiger partial charge on any atom is 0.166 e. The fourth-order valence-electron chi connectivity index (χ4n) is 3.85. The van der Waals surface area contributed by atoms with E-state index in [1.54, 1.807) is 42.4 Å². The van der Waals surface area contributed by atoms with Gasteiger partial charge in [0.2, 0.25) is 0 Å². The Morgan fingerprint density at radius 3 is 2.56 bits per heavy atom. The van der Waals surface area contributed by atoms with E-state index in [0.717, 1.165) is 11.1 Å². The fourth-order valence-corrected chi connectivity index (χ4v) is 4.11. The third kappa shape index (κ3) is 6.27. The average molecular weight is 531 g/mol. The summed E-state index contributed by atoms with van der Waals surface area (Å²) in [5.41, 5.74) is 14.8. The zero-order valence-corrected chi connectivity index (χ0v) is 22.5. The Labute approximate surface area is 220 Å². The molecule has 1 aromatic carbocycles. The fraction of sp³-hybridized carbons (Fsp3) is 0.346. The smallest absolute Gasteiger partial charge is 0.166 e. The average Bonchev–Trinajstić information content (AvgIpc) is 2.83. The van der Waals surface area contributed by atoms with Crippen molar-refractivity contribution in [1.82, 2.24) is 9.97 Å². The van der Waals surface area contributed by atoms with Crippen molar-refractivity contribution in [2.45, 2.75) is 20.5 Å². The van der Waals surface area contributed by atoms with Gasteiger partial charge in [-0.3, -0.25) is 10.4 Å². The van der Waals surface area contributed by atoms with Crippen LogP contribution in [0.3, 0.4) is 0 Å². The van der Waals surface area contributed by atoms with Crippen molar-refractivity contribution in [3.05, 3.63) is 75.9 Å². The lowest BCUT2D eigenvalue weighted by Crippen LogP contribution is -2.58. The van der Waals surface area contributed by atoms with Crippen molar-refractivity contribution in [2.24, 2.45) is 11.1 Å². The summed E-state index contributed by atoms with van der Waals surface area (Å²) in [7, 11) is 0. The van der Waals surface area contributed by atoms with Crippen LogP contribution in [0.25, 0.3) is 0 Å². The lowest BCUT2D eigenvalue weighted by atomic mass is 9.82. The molecule has 1 fully saturated rings. The first-order valence-electron chi connectivity index (χ1n) is 11.3. The quantitative estimate of drug-likeness (QED) is 0.293. The number of nitrogens with zero attached hydrogens (tertiary/aromatic N) is 3. The molecule has 5 N–H and O–H groups in total. The molecule has 0 unspecified atom stereocenters. The molecule has 3 heterocycles. The number of hydrogen-bond donors (Lipinski definition) is 3. The number of ether oxygens (including phenoxy) is 1. The van der Waals surface area contributed by atoms with Gasteiger partial charge in [-0.15, -0.1) is 0 Å². The van der Waals surface area contributed by atoms with E-state index >= 15 is 0 Å². The van der Waals surface area contributed by atoms with E-state index < -0.39 is 5.82 Å². The van der Waals surface area contributed by atoms with Gasteiger partial charge in [-0.1, -0.05) is 18.5 Å². The summed E-state index contributed by atoms with van der Waals surface area (Å²) in [6.45, 7) is 6.05. The summed E-state index contributed by atoms with van der Waals surface area (Å²) < 4.78 is 20.7. The first-order valence-corrected chi connectivity index (χ1v) is 13.3. The highest BCUT2D eigenvalue weighted by Crippen LogP contribution is 2.34. The SMILES string of the molecule is CSC.Cc1cncc(Cl)c1COc1ccc(N)c(C(=N)c2cnc(N3CC(C)(CN)C3)c(F)c2)c1. The largest absolute Gasteiger partial charge is 0.489 e. The summed E-state index contributed by atoms with van der Waals surface area (Å²) in [5, 5.41) is 9.12. The van der Waals surface area contributed by atoms with Gasteiger partial charge in [0.25, 0.3) is 0 Å². The van der Waals surface area contributed by atoms with Crippen LogP contribution in [0.2, 0.25) is 5.02 Å². The lowest BCUT2D eigenvalue weighted by molar-refractivity contribution is 0.250. The molecule has 1 aliphatic heterocycles. The normalized spacial score (nSPS) is 13.9. The molecule has 3 aromatic rings. The molecule has 36 heavy (non-hydrogen) atoms. The number of benzene rings is 1. The molecule has 4 rings (SSSR count). The Morgan fingerprint density at radius 1 is 1.25 bits per heavy atom.